The quantitative estimate of drug-likeness (QED) is 0.644. The van der Waals surface area contributed by atoms with Gasteiger partial charge in [-0.1, -0.05) is 0 Å². The Morgan fingerprint density at radius 3 is 2.57 bits per heavy atom. The second kappa shape index (κ2) is 7.71. The van der Waals surface area contributed by atoms with Crippen LogP contribution in [0.15, 0.2) is 36.4 Å². The summed E-state index contributed by atoms with van der Waals surface area (Å²) in [7, 11) is 0. The predicted molar refractivity (Wildman–Crippen MR) is 101 cm³/mol. The molecule has 0 spiro atoms. The van der Waals surface area contributed by atoms with Gasteiger partial charge in [0, 0.05) is 25.2 Å². The molecule has 5 rings (SSSR count). The molecular formula is C20H16F2N4O4. The highest BCUT2D eigenvalue weighted by molar-refractivity contribution is 5.58. The van der Waals surface area contributed by atoms with Crippen molar-refractivity contribution in [2.75, 3.05) is 38.0 Å². The molecule has 2 aromatic carbocycles. The van der Waals surface area contributed by atoms with Crippen molar-refractivity contribution in [2.24, 2.45) is 0 Å². The molecule has 0 atom stereocenters. The number of benzene rings is 2. The van der Waals surface area contributed by atoms with Crippen molar-refractivity contribution in [2.45, 2.75) is 0 Å². The van der Waals surface area contributed by atoms with E-state index in [2.05, 4.69) is 15.0 Å². The molecule has 0 N–H and O–H groups in total. The SMILES string of the molecule is Fc1ccc(-c2nc(Oc3ccc4c(c3)OCO4)nc(N3CCOCC3)n2)c(F)c1. The summed E-state index contributed by atoms with van der Waals surface area (Å²) < 4.78 is 49.5. The van der Waals surface area contributed by atoms with E-state index >= 15 is 0 Å². The van der Waals surface area contributed by atoms with Gasteiger partial charge in [-0.15, -0.1) is 0 Å². The molecule has 0 amide bonds. The molecule has 154 valence electrons. The van der Waals surface area contributed by atoms with Gasteiger partial charge in [0.1, 0.15) is 17.4 Å². The molecule has 30 heavy (non-hydrogen) atoms. The highest BCUT2D eigenvalue weighted by atomic mass is 19.1. The minimum atomic E-state index is -0.775. The van der Waals surface area contributed by atoms with E-state index in [1.165, 1.54) is 6.07 Å². The minimum Gasteiger partial charge on any atom is -0.454 e. The summed E-state index contributed by atoms with van der Waals surface area (Å²) in [6.45, 7) is 2.31. The molecular weight excluding hydrogens is 398 g/mol. The summed E-state index contributed by atoms with van der Waals surface area (Å²) in [5, 5.41) is 0. The first-order chi connectivity index (χ1) is 14.7. The third-order valence-corrected chi connectivity index (χ3v) is 4.62. The van der Waals surface area contributed by atoms with Crippen LogP contribution in [0, 0.1) is 11.6 Å². The van der Waals surface area contributed by atoms with E-state index in [4.69, 9.17) is 18.9 Å². The van der Waals surface area contributed by atoms with Gasteiger partial charge in [0.25, 0.3) is 0 Å². The van der Waals surface area contributed by atoms with Crippen molar-refractivity contribution < 1.29 is 27.7 Å². The lowest BCUT2D eigenvalue weighted by molar-refractivity contribution is 0.122. The van der Waals surface area contributed by atoms with Crippen LogP contribution in [0.25, 0.3) is 11.4 Å². The van der Waals surface area contributed by atoms with Crippen molar-refractivity contribution in [3.05, 3.63) is 48.0 Å². The van der Waals surface area contributed by atoms with Crippen LogP contribution in [0.2, 0.25) is 0 Å². The molecule has 8 nitrogen and oxygen atoms in total. The number of morpholine rings is 1. The van der Waals surface area contributed by atoms with Crippen LogP contribution >= 0.6 is 0 Å². The van der Waals surface area contributed by atoms with Crippen molar-refractivity contribution in [3.63, 3.8) is 0 Å². The van der Waals surface area contributed by atoms with Gasteiger partial charge in [0.05, 0.1) is 18.8 Å². The first-order valence-corrected chi connectivity index (χ1v) is 9.27. The Morgan fingerprint density at radius 2 is 1.73 bits per heavy atom. The fourth-order valence-electron chi connectivity index (χ4n) is 3.13. The fourth-order valence-corrected chi connectivity index (χ4v) is 3.13. The van der Waals surface area contributed by atoms with Gasteiger partial charge in [-0.05, 0) is 24.3 Å². The first kappa shape index (κ1) is 18.5. The number of nitrogens with zero attached hydrogens (tertiary/aromatic N) is 4. The van der Waals surface area contributed by atoms with Gasteiger partial charge in [0.2, 0.25) is 12.7 Å². The number of rotatable bonds is 4. The Kier molecular flexibility index (Phi) is 4.75. The summed E-state index contributed by atoms with van der Waals surface area (Å²) in [5.41, 5.74) is 0.0452. The van der Waals surface area contributed by atoms with Gasteiger partial charge >= 0.3 is 6.01 Å². The van der Waals surface area contributed by atoms with E-state index in [1.54, 1.807) is 18.2 Å². The van der Waals surface area contributed by atoms with Crippen molar-refractivity contribution >= 4 is 5.95 Å². The summed E-state index contributed by atoms with van der Waals surface area (Å²) in [6.07, 6.45) is 0. The van der Waals surface area contributed by atoms with Crippen LogP contribution < -0.4 is 19.1 Å². The van der Waals surface area contributed by atoms with Gasteiger partial charge in [-0.2, -0.15) is 15.0 Å². The second-order valence-corrected chi connectivity index (χ2v) is 6.58. The van der Waals surface area contributed by atoms with Crippen LogP contribution in [0.5, 0.6) is 23.3 Å². The maximum absolute atomic E-state index is 14.4. The number of ether oxygens (including phenoxy) is 4. The summed E-state index contributed by atoms with van der Waals surface area (Å²) >= 11 is 0. The topological polar surface area (TPSA) is 78.8 Å². The van der Waals surface area contributed by atoms with Crippen LogP contribution in [0.3, 0.4) is 0 Å². The van der Waals surface area contributed by atoms with Crippen molar-refractivity contribution in [1.82, 2.24) is 15.0 Å². The third kappa shape index (κ3) is 3.69. The van der Waals surface area contributed by atoms with Crippen molar-refractivity contribution in [3.8, 4) is 34.6 Å². The molecule has 1 fully saturated rings. The molecule has 3 heterocycles. The van der Waals surface area contributed by atoms with E-state index in [-0.39, 0.29) is 24.2 Å². The summed E-state index contributed by atoms with van der Waals surface area (Å²) in [4.78, 5) is 14.9. The molecule has 0 radical (unpaired) electrons. The third-order valence-electron chi connectivity index (χ3n) is 4.62. The second-order valence-electron chi connectivity index (χ2n) is 6.58. The zero-order chi connectivity index (χ0) is 20.5. The molecule has 1 aromatic heterocycles. The zero-order valence-electron chi connectivity index (χ0n) is 15.7. The highest BCUT2D eigenvalue weighted by Gasteiger charge is 2.21. The Bertz CT molecular complexity index is 1090. The maximum Gasteiger partial charge on any atom is 0.327 e. The molecule has 1 saturated heterocycles. The average molecular weight is 414 g/mol. The lowest BCUT2D eigenvalue weighted by Gasteiger charge is -2.27. The fraction of sp³-hybridized carbons (Fsp3) is 0.250. The van der Waals surface area contributed by atoms with E-state index in [1.807, 2.05) is 4.90 Å². The maximum atomic E-state index is 14.4. The lowest BCUT2D eigenvalue weighted by atomic mass is 10.2. The Morgan fingerprint density at radius 1 is 0.900 bits per heavy atom. The lowest BCUT2D eigenvalue weighted by Crippen LogP contribution is -2.37. The first-order valence-electron chi connectivity index (χ1n) is 9.27. The van der Waals surface area contributed by atoms with E-state index in [0.29, 0.717) is 49.5 Å². The number of hydrogen-bond donors (Lipinski definition) is 0. The van der Waals surface area contributed by atoms with Crippen LogP contribution in [-0.2, 0) is 4.74 Å². The van der Waals surface area contributed by atoms with Crippen LogP contribution in [0.4, 0.5) is 14.7 Å². The molecule has 10 heteroatoms. The van der Waals surface area contributed by atoms with Gasteiger partial charge in [-0.25, -0.2) is 8.78 Å². The largest absolute Gasteiger partial charge is 0.454 e. The Balaban J connectivity index is 1.53. The van der Waals surface area contributed by atoms with Gasteiger partial charge < -0.3 is 23.8 Å². The van der Waals surface area contributed by atoms with Crippen molar-refractivity contribution in [1.29, 1.82) is 0 Å². The van der Waals surface area contributed by atoms with E-state index in [0.717, 1.165) is 12.1 Å². The summed E-state index contributed by atoms with van der Waals surface area (Å²) in [6, 6.07) is 8.24. The predicted octanol–water partition coefficient (Wildman–Crippen LogP) is 3.17. The highest BCUT2D eigenvalue weighted by Crippen LogP contribution is 2.36. The normalized spacial score (nSPS) is 15.3. The van der Waals surface area contributed by atoms with Gasteiger partial charge in [-0.3, -0.25) is 0 Å². The molecule has 3 aromatic rings. The van der Waals surface area contributed by atoms with E-state index < -0.39 is 11.6 Å². The summed E-state index contributed by atoms with van der Waals surface area (Å²) in [5.74, 6) is 0.478. The molecule has 0 bridgehead atoms. The minimum absolute atomic E-state index is 0.0240. The molecule has 2 aliphatic rings. The smallest absolute Gasteiger partial charge is 0.327 e. The molecule has 0 saturated carbocycles. The number of halogens is 2. The molecule has 0 aliphatic carbocycles. The standard InChI is InChI=1S/C20H16F2N4O4/c21-12-1-3-14(15(22)9-12)18-23-19(26-5-7-27-8-6-26)25-20(24-18)30-13-2-4-16-17(10-13)29-11-28-16/h1-4,9-10H,5-8,11H2. The average Bonchev–Trinajstić information content (AvgIpc) is 3.22. The number of fused-ring (bicyclic) bond motifs is 1. The van der Waals surface area contributed by atoms with Crippen LogP contribution in [-0.4, -0.2) is 48.0 Å². The number of anilines is 1. The zero-order valence-corrected chi connectivity index (χ0v) is 15.7. The molecule has 2 aliphatic heterocycles. The van der Waals surface area contributed by atoms with Crippen LogP contribution in [0.1, 0.15) is 0 Å². The van der Waals surface area contributed by atoms with Gasteiger partial charge in [0.15, 0.2) is 17.3 Å². The monoisotopic (exact) mass is 414 g/mol. The Labute approximate surface area is 170 Å². The van der Waals surface area contributed by atoms with E-state index in [9.17, 15) is 8.78 Å². The molecule has 0 unspecified atom stereocenters. The number of aromatic nitrogens is 3. The Hall–Kier alpha value is -3.53. The number of hydrogen-bond acceptors (Lipinski definition) is 8.